The molecular formula is C24H24ClNO4. The second-order valence-electron chi connectivity index (χ2n) is 7.75. The number of ketones is 1. The molecule has 4 rings (SSSR count). The number of amides is 1. The monoisotopic (exact) mass is 425 g/mol. The highest BCUT2D eigenvalue weighted by Gasteiger charge is 2.49. The summed E-state index contributed by atoms with van der Waals surface area (Å²) >= 11 is 6.10. The molecule has 2 aromatic rings. The molecule has 6 heteroatoms. The minimum atomic E-state index is -0.705. The molecule has 1 heterocycles. The molecule has 1 aliphatic carbocycles. The van der Waals surface area contributed by atoms with Crippen LogP contribution in [0, 0.1) is 0 Å². The van der Waals surface area contributed by atoms with Gasteiger partial charge in [0.25, 0.3) is 11.7 Å². The summed E-state index contributed by atoms with van der Waals surface area (Å²) in [6.07, 6.45) is 4.84. The van der Waals surface area contributed by atoms with Gasteiger partial charge in [-0.25, -0.2) is 0 Å². The Hall–Kier alpha value is -2.79. The molecule has 2 fully saturated rings. The van der Waals surface area contributed by atoms with Crippen molar-refractivity contribution in [1.82, 2.24) is 4.90 Å². The van der Waals surface area contributed by atoms with Crippen LogP contribution in [0.1, 0.15) is 49.3 Å². The molecule has 0 radical (unpaired) electrons. The average Bonchev–Trinajstić information content (AvgIpc) is 3.04. The Morgan fingerprint density at radius 2 is 1.80 bits per heavy atom. The molecule has 0 bridgehead atoms. The second-order valence-corrected chi connectivity index (χ2v) is 8.19. The number of hydrogen-bond acceptors (Lipinski definition) is 4. The van der Waals surface area contributed by atoms with E-state index in [0.717, 1.165) is 32.1 Å². The van der Waals surface area contributed by atoms with Gasteiger partial charge in [-0.2, -0.15) is 0 Å². The molecule has 1 N–H and O–H groups in total. The maximum atomic E-state index is 13.2. The van der Waals surface area contributed by atoms with Gasteiger partial charge in [0.2, 0.25) is 0 Å². The summed E-state index contributed by atoms with van der Waals surface area (Å²) < 4.78 is 5.54. The number of Topliss-reactive ketones (excluding diaryl/α,β-unsaturated/α-hetero) is 1. The smallest absolute Gasteiger partial charge is 0.295 e. The fourth-order valence-electron chi connectivity index (χ4n) is 4.57. The van der Waals surface area contributed by atoms with Gasteiger partial charge in [-0.05, 0) is 31.0 Å². The number of methoxy groups -OCH3 is 1. The standard InChI is InChI=1S/C24H24ClNO4/c1-30-19-13-6-5-12-18(19)21-20(22(27)15-8-7-9-16(25)14-15)23(28)24(29)26(21)17-10-3-2-4-11-17/h5-9,12-14,17,21,27H,2-4,10-11H2,1H3/b22-20-. The summed E-state index contributed by atoms with van der Waals surface area (Å²) in [5.74, 6) is -0.886. The molecule has 0 spiro atoms. The van der Waals surface area contributed by atoms with Crippen molar-refractivity contribution in [3.63, 3.8) is 0 Å². The number of benzene rings is 2. The fraction of sp³-hybridized carbons (Fsp3) is 0.333. The van der Waals surface area contributed by atoms with Crippen LogP contribution < -0.4 is 4.74 Å². The number of ether oxygens (including phenoxy) is 1. The van der Waals surface area contributed by atoms with Crippen LogP contribution in [0.3, 0.4) is 0 Å². The molecular weight excluding hydrogens is 402 g/mol. The lowest BCUT2D eigenvalue weighted by molar-refractivity contribution is -0.141. The Bertz CT molecular complexity index is 1010. The third-order valence-corrected chi connectivity index (χ3v) is 6.21. The zero-order valence-corrected chi connectivity index (χ0v) is 17.6. The maximum Gasteiger partial charge on any atom is 0.295 e. The van der Waals surface area contributed by atoms with E-state index in [0.29, 0.717) is 21.9 Å². The lowest BCUT2D eigenvalue weighted by Crippen LogP contribution is -2.40. The summed E-state index contributed by atoms with van der Waals surface area (Å²) in [7, 11) is 1.56. The van der Waals surface area contributed by atoms with Crippen molar-refractivity contribution in [3.05, 3.63) is 70.3 Å². The molecule has 1 atom stereocenters. The molecule has 1 saturated carbocycles. The first-order valence-corrected chi connectivity index (χ1v) is 10.6. The Morgan fingerprint density at radius 1 is 1.07 bits per heavy atom. The predicted molar refractivity (Wildman–Crippen MR) is 115 cm³/mol. The molecule has 1 unspecified atom stereocenters. The van der Waals surface area contributed by atoms with Crippen LogP contribution in [0.25, 0.3) is 5.76 Å². The molecule has 5 nitrogen and oxygen atoms in total. The van der Waals surface area contributed by atoms with Crippen molar-refractivity contribution in [3.8, 4) is 5.75 Å². The topological polar surface area (TPSA) is 66.8 Å². The van der Waals surface area contributed by atoms with E-state index in [1.165, 1.54) is 0 Å². The Balaban J connectivity index is 1.92. The zero-order chi connectivity index (χ0) is 21.3. The first-order chi connectivity index (χ1) is 14.5. The molecule has 1 saturated heterocycles. The van der Waals surface area contributed by atoms with E-state index in [9.17, 15) is 14.7 Å². The zero-order valence-electron chi connectivity index (χ0n) is 16.8. The van der Waals surface area contributed by atoms with Crippen LogP contribution >= 0.6 is 11.6 Å². The minimum Gasteiger partial charge on any atom is -0.507 e. The lowest BCUT2D eigenvalue weighted by atomic mass is 9.90. The lowest BCUT2D eigenvalue weighted by Gasteiger charge is -2.35. The first kappa shape index (κ1) is 20.5. The number of aliphatic hydroxyl groups is 1. The van der Waals surface area contributed by atoms with Gasteiger partial charge in [-0.3, -0.25) is 9.59 Å². The Labute approximate surface area is 180 Å². The van der Waals surface area contributed by atoms with Gasteiger partial charge >= 0.3 is 0 Å². The van der Waals surface area contributed by atoms with Crippen LogP contribution in [0.15, 0.2) is 54.1 Å². The Kier molecular flexibility index (Phi) is 5.82. The summed E-state index contributed by atoms with van der Waals surface area (Å²) in [5.41, 5.74) is 1.18. The van der Waals surface area contributed by atoms with Crippen LogP contribution in [0.2, 0.25) is 5.02 Å². The largest absolute Gasteiger partial charge is 0.507 e. The van der Waals surface area contributed by atoms with Crippen molar-refractivity contribution in [2.24, 2.45) is 0 Å². The van der Waals surface area contributed by atoms with Crippen LogP contribution in [0.5, 0.6) is 5.75 Å². The number of halogens is 1. The first-order valence-electron chi connectivity index (χ1n) is 10.2. The predicted octanol–water partition coefficient (Wildman–Crippen LogP) is 5.10. The van der Waals surface area contributed by atoms with E-state index in [2.05, 4.69) is 0 Å². The van der Waals surface area contributed by atoms with E-state index < -0.39 is 17.7 Å². The molecule has 2 aromatic carbocycles. The number of para-hydroxylation sites is 1. The average molecular weight is 426 g/mol. The minimum absolute atomic E-state index is 0.0465. The molecule has 0 aromatic heterocycles. The number of aliphatic hydroxyl groups excluding tert-OH is 1. The Morgan fingerprint density at radius 3 is 2.50 bits per heavy atom. The van der Waals surface area contributed by atoms with E-state index in [1.807, 2.05) is 18.2 Å². The van der Waals surface area contributed by atoms with Crippen molar-refractivity contribution in [2.45, 2.75) is 44.2 Å². The second kappa shape index (κ2) is 8.52. The fourth-order valence-corrected chi connectivity index (χ4v) is 4.77. The molecule has 156 valence electrons. The highest BCUT2D eigenvalue weighted by molar-refractivity contribution is 6.46. The normalized spacial score (nSPS) is 21.8. The van der Waals surface area contributed by atoms with E-state index in [1.54, 1.807) is 42.3 Å². The highest BCUT2D eigenvalue weighted by Crippen LogP contribution is 2.45. The van der Waals surface area contributed by atoms with Crippen LogP contribution in [-0.2, 0) is 9.59 Å². The van der Waals surface area contributed by atoms with Crippen molar-refractivity contribution in [2.75, 3.05) is 7.11 Å². The van der Waals surface area contributed by atoms with E-state index in [4.69, 9.17) is 16.3 Å². The van der Waals surface area contributed by atoms with Gasteiger partial charge in [-0.15, -0.1) is 0 Å². The van der Waals surface area contributed by atoms with Gasteiger partial charge in [0.05, 0.1) is 18.7 Å². The molecule has 1 amide bonds. The number of hydrogen-bond donors (Lipinski definition) is 1. The summed E-state index contributed by atoms with van der Waals surface area (Å²) in [4.78, 5) is 28.0. The van der Waals surface area contributed by atoms with Crippen molar-refractivity contribution < 1.29 is 19.4 Å². The third kappa shape index (κ3) is 3.58. The summed E-state index contributed by atoms with van der Waals surface area (Å²) in [6, 6.07) is 13.2. The van der Waals surface area contributed by atoms with Gasteiger partial charge in [-0.1, -0.05) is 61.2 Å². The van der Waals surface area contributed by atoms with Crippen LogP contribution in [0.4, 0.5) is 0 Å². The maximum absolute atomic E-state index is 13.2. The SMILES string of the molecule is COc1ccccc1C1/C(=C(/O)c2cccc(Cl)c2)C(=O)C(=O)N1C1CCCCC1. The number of rotatable bonds is 4. The molecule has 30 heavy (non-hydrogen) atoms. The quantitative estimate of drug-likeness (QED) is 0.420. The molecule has 2 aliphatic rings. The number of nitrogens with zero attached hydrogens (tertiary/aromatic N) is 1. The number of likely N-dealkylation sites (tertiary alicyclic amines) is 1. The van der Waals surface area contributed by atoms with Gasteiger partial charge in [0.1, 0.15) is 11.5 Å². The van der Waals surface area contributed by atoms with Gasteiger partial charge in [0.15, 0.2) is 0 Å². The third-order valence-electron chi connectivity index (χ3n) is 5.98. The van der Waals surface area contributed by atoms with Gasteiger partial charge < -0.3 is 14.7 Å². The van der Waals surface area contributed by atoms with Crippen LogP contribution in [-0.4, -0.2) is 34.8 Å². The number of carbonyl (C=O) groups excluding carboxylic acids is 2. The highest BCUT2D eigenvalue weighted by atomic mass is 35.5. The van der Waals surface area contributed by atoms with E-state index in [-0.39, 0.29) is 17.4 Å². The summed E-state index contributed by atoms with van der Waals surface area (Å²) in [5, 5.41) is 11.6. The summed E-state index contributed by atoms with van der Waals surface area (Å²) in [6.45, 7) is 0. The number of carbonyl (C=O) groups is 2. The van der Waals surface area contributed by atoms with Gasteiger partial charge in [0, 0.05) is 22.2 Å². The van der Waals surface area contributed by atoms with Crippen molar-refractivity contribution >= 4 is 29.1 Å². The van der Waals surface area contributed by atoms with E-state index >= 15 is 0 Å². The van der Waals surface area contributed by atoms with Crippen molar-refractivity contribution in [1.29, 1.82) is 0 Å². The molecule has 1 aliphatic heterocycles.